The number of carbonyl (C=O) groups excluding carboxylic acids is 1. The van der Waals surface area contributed by atoms with Gasteiger partial charge in [0, 0.05) is 11.3 Å². The maximum atomic E-state index is 11.5. The minimum absolute atomic E-state index is 0.219. The average molecular weight is 277 g/mol. The number of rotatable bonds is 3. The first-order valence-corrected chi connectivity index (χ1v) is 7.06. The van der Waals surface area contributed by atoms with Gasteiger partial charge in [0.2, 0.25) is 5.84 Å². The quantitative estimate of drug-likeness (QED) is 0.728. The Bertz CT molecular complexity index is 533. The van der Waals surface area contributed by atoms with Gasteiger partial charge < -0.3 is 9.90 Å². The Balaban J connectivity index is 2.61. The molecule has 0 amide bonds. The van der Waals surface area contributed by atoms with Crippen molar-refractivity contribution in [3.63, 3.8) is 0 Å². The van der Waals surface area contributed by atoms with Gasteiger partial charge in [-0.2, -0.15) is 4.59 Å². The fourth-order valence-electron chi connectivity index (χ4n) is 3.06. The lowest BCUT2D eigenvalue weighted by Crippen LogP contribution is -2.54. The lowest BCUT2D eigenvalue weighted by atomic mass is 10.0. The fraction of sp³-hybridized carbons (Fsp3) is 0.600. The van der Waals surface area contributed by atoms with Crippen LogP contribution in [0.1, 0.15) is 41.5 Å². The predicted molar refractivity (Wildman–Crippen MR) is 76.1 cm³/mol. The third-order valence-corrected chi connectivity index (χ3v) is 4.37. The number of quaternary nitrogens is 1. The van der Waals surface area contributed by atoms with Crippen LogP contribution in [0.25, 0.3) is 0 Å². The van der Waals surface area contributed by atoms with Crippen molar-refractivity contribution < 1.29 is 14.5 Å². The third-order valence-electron chi connectivity index (χ3n) is 4.37. The van der Waals surface area contributed by atoms with E-state index in [9.17, 15) is 9.90 Å². The Hall–Kier alpha value is -1.62. The Labute approximate surface area is 120 Å². The molecule has 2 rings (SSSR count). The lowest BCUT2D eigenvalue weighted by Gasteiger charge is -2.37. The van der Waals surface area contributed by atoms with Gasteiger partial charge in [-0.3, -0.25) is 4.90 Å². The summed E-state index contributed by atoms with van der Waals surface area (Å²) in [6.07, 6.45) is 1.89. The first-order valence-electron chi connectivity index (χ1n) is 7.06. The number of hydrogen-bond donors (Lipinski definition) is 0. The van der Waals surface area contributed by atoms with Gasteiger partial charge in [-0.1, -0.05) is 5.10 Å². The molecule has 110 valence electrons. The van der Waals surface area contributed by atoms with E-state index in [1.165, 1.54) is 0 Å². The topological polar surface area (TPSA) is 55.7 Å². The van der Waals surface area contributed by atoms with E-state index in [-0.39, 0.29) is 17.7 Å². The zero-order chi connectivity index (χ0) is 15.2. The van der Waals surface area contributed by atoms with Crippen LogP contribution in [0.4, 0.5) is 0 Å². The second-order valence-corrected chi connectivity index (χ2v) is 6.20. The number of carboxylic acids is 1. The maximum absolute atomic E-state index is 11.5. The average Bonchev–Trinajstić information content (AvgIpc) is 2.70. The number of allylic oxidation sites excluding steroid dienone is 3. The molecule has 0 bridgehead atoms. The van der Waals surface area contributed by atoms with Crippen LogP contribution in [0, 0.1) is 0 Å². The van der Waals surface area contributed by atoms with Gasteiger partial charge in [-0.05, 0) is 53.2 Å². The van der Waals surface area contributed by atoms with Crippen molar-refractivity contribution in [1.82, 2.24) is 4.90 Å². The summed E-state index contributed by atoms with van der Waals surface area (Å²) < 4.78 is 0.518. The van der Waals surface area contributed by atoms with Crippen molar-refractivity contribution in [2.75, 3.05) is 6.67 Å². The van der Waals surface area contributed by atoms with Crippen LogP contribution in [-0.2, 0) is 4.79 Å². The van der Waals surface area contributed by atoms with E-state index in [1.807, 2.05) is 17.9 Å². The van der Waals surface area contributed by atoms with Crippen LogP contribution in [0.15, 0.2) is 28.0 Å². The first-order chi connectivity index (χ1) is 9.20. The third kappa shape index (κ3) is 1.97. The molecule has 0 atom stereocenters. The highest BCUT2D eigenvalue weighted by Gasteiger charge is 2.47. The minimum Gasteiger partial charge on any atom is -0.545 e. The molecule has 5 nitrogen and oxygen atoms in total. The lowest BCUT2D eigenvalue weighted by molar-refractivity contribution is -0.973. The fourth-order valence-corrected chi connectivity index (χ4v) is 3.06. The molecule has 0 radical (unpaired) electrons. The van der Waals surface area contributed by atoms with Crippen LogP contribution < -0.4 is 5.11 Å². The molecule has 0 aromatic heterocycles. The molecule has 0 N–H and O–H groups in total. The van der Waals surface area contributed by atoms with Crippen LogP contribution in [0.5, 0.6) is 0 Å². The number of amidine groups is 1. The van der Waals surface area contributed by atoms with Crippen LogP contribution in [-0.4, -0.2) is 40.0 Å². The van der Waals surface area contributed by atoms with Crippen molar-refractivity contribution in [2.24, 2.45) is 5.10 Å². The van der Waals surface area contributed by atoms with Crippen LogP contribution in [0.2, 0.25) is 0 Å². The molecule has 2 heterocycles. The summed E-state index contributed by atoms with van der Waals surface area (Å²) in [5.41, 5.74) is 1.97. The monoisotopic (exact) mass is 277 g/mol. The SMILES string of the molecule is CC1=CC(C)=C(C(=O)[O-])C2=N[N+](C(C)C)(C(C)C)CN12. The number of fused-ring (bicyclic) bond motifs is 1. The first kappa shape index (κ1) is 14.8. The molecule has 0 fully saturated rings. The molecule has 5 heteroatoms. The molecule has 0 spiro atoms. The summed E-state index contributed by atoms with van der Waals surface area (Å²) >= 11 is 0. The number of aliphatic carboxylic acids is 1. The van der Waals surface area contributed by atoms with E-state index in [1.54, 1.807) is 6.92 Å². The standard InChI is InChI=1S/C15H23N3O2/c1-9(2)18(10(3)4)8-17-12(6)7-11(5)13(15(19)20)14(17)16-18/h7,9-10H,8H2,1-6H3. The Morgan fingerprint density at radius 1 is 1.30 bits per heavy atom. The Morgan fingerprint density at radius 2 is 1.85 bits per heavy atom. The van der Waals surface area contributed by atoms with Gasteiger partial charge in [-0.25, -0.2) is 0 Å². The molecule has 0 aromatic rings. The zero-order valence-corrected chi connectivity index (χ0v) is 13.1. The number of nitrogens with zero attached hydrogens (tertiary/aromatic N) is 3. The number of hydrogen-bond acceptors (Lipinski definition) is 4. The summed E-state index contributed by atoms with van der Waals surface area (Å²) in [6.45, 7) is 13.0. The second-order valence-electron chi connectivity index (χ2n) is 6.20. The summed E-state index contributed by atoms with van der Waals surface area (Å²) in [4.78, 5) is 13.5. The molecule has 0 aromatic carbocycles. The van der Waals surface area contributed by atoms with Gasteiger partial charge in [0.25, 0.3) is 0 Å². The smallest absolute Gasteiger partial charge is 0.202 e. The van der Waals surface area contributed by atoms with Crippen molar-refractivity contribution >= 4 is 11.8 Å². The van der Waals surface area contributed by atoms with Gasteiger partial charge in [0.15, 0.2) is 6.67 Å². The van der Waals surface area contributed by atoms with E-state index < -0.39 is 5.97 Å². The van der Waals surface area contributed by atoms with Crippen LogP contribution >= 0.6 is 0 Å². The summed E-state index contributed by atoms with van der Waals surface area (Å²) in [5, 5.41) is 16.3. The predicted octanol–water partition coefficient (Wildman–Crippen LogP) is 1.19. The molecule has 0 unspecified atom stereocenters. The molecule has 20 heavy (non-hydrogen) atoms. The van der Waals surface area contributed by atoms with Gasteiger partial charge in [-0.15, -0.1) is 0 Å². The molecule has 0 saturated carbocycles. The molecule has 0 saturated heterocycles. The van der Waals surface area contributed by atoms with E-state index in [0.717, 1.165) is 5.70 Å². The molecule has 0 aliphatic carbocycles. The van der Waals surface area contributed by atoms with Gasteiger partial charge in [0.1, 0.15) is 12.1 Å². The van der Waals surface area contributed by atoms with E-state index >= 15 is 0 Å². The van der Waals surface area contributed by atoms with E-state index in [2.05, 4.69) is 27.7 Å². The van der Waals surface area contributed by atoms with E-state index in [4.69, 9.17) is 5.10 Å². The van der Waals surface area contributed by atoms with Crippen molar-refractivity contribution in [3.8, 4) is 0 Å². The van der Waals surface area contributed by atoms with Crippen LogP contribution in [0.3, 0.4) is 0 Å². The highest BCUT2D eigenvalue weighted by atomic mass is 16.4. The largest absolute Gasteiger partial charge is 0.545 e. The Morgan fingerprint density at radius 3 is 2.30 bits per heavy atom. The van der Waals surface area contributed by atoms with Crippen molar-refractivity contribution in [2.45, 2.75) is 53.6 Å². The van der Waals surface area contributed by atoms with E-state index in [0.29, 0.717) is 22.7 Å². The second kappa shape index (κ2) is 4.74. The minimum atomic E-state index is -1.15. The summed E-state index contributed by atoms with van der Waals surface area (Å²) in [6, 6.07) is 0.563. The Kier molecular flexibility index (Phi) is 3.50. The number of carboxylic acid groups (broad SMARTS) is 1. The maximum Gasteiger partial charge on any atom is 0.202 e. The summed E-state index contributed by atoms with van der Waals surface area (Å²) in [7, 11) is 0. The highest BCUT2D eigenvalue weighted by Crippen LogP contribution is 2.34. The number of carbonyl (C=O) groups is 1. The summed E-state index contributed by atoms with van der Waals surface area (Å²) in [5.74, 6) is -0.604. The molecule has 2 aliphatic rings. The highest BCUT2D eigenvalue weighted by molar-refractivity contribution is 6.19. The normalized spacial score (nSPS) is 21.3. The van der Waals surface area contributed by atoms with Gasteiger partial charge >= 0.3 is 0 Å². The zero-order valence-electron chi connectivity index (χ0n) is 13.1. The van der Waals surface area contributed by atoms with Gasteiger partial charge in [0.05, 0.1) is 5.97 Å². The molecular formula is C15H23N3O2. The molecular weight excluding hydrogens is 254 g/mol. The molecule has 2 aliphatic heterocycles. The van der Waals surface area contributed by atoms with Crippen molar-refractivity contribution in [1.29, 1.82) is 0 Å². The van der Waals surface area contributed by atoms with Crippen molar-refractivity contribution in [3.05, 3.63) is 22.9 Å².